The van der Waals surface area contributed by atoms with Gasteiger partial charge in [-0.2, -0.15) is 0 Å². The number of hydrogen-bond donors (Lipinski definition) is 3. The Kier molecular flexibility index (Phi) is 37.8. The van der Waals surface area contributed by atoms with Crippen LogP contribution in [0.1, 0.15) is 149 Å². The quantitative estimate of drug-likeness (QED) is 0.0246. The third-order valence-corrected chi connectivity index (χ3v) is 9.11. The molecule has 0 aliphatic heterocycles. The highest BCUT2D eigenvalue weighted by Gasteiger charge is 2.23. The fraction of sp³-hybridized carbons (Fsp3) is 0.636. The van der Waals surface area contributed by atoms with Gasteiger partial charge in [0, 0.05) is 13.0 Å². The lowest BCUT2D eigenvalue weighted by molar-refractivity contribution is -0.146. The number of rotatable bonds is 37. The Hall–Kier alpha value is -2.81. The van der Waals surface area contributed by atoms with Crippen molar-refractivity contribution in [2.24, 2.45) is 0 Å². The number of esters is 1. The second kappa shape index (κ2) is 39.9. The van der Waals surface area contributed by atoms with E-state index in [4.69, 9.17) is 13.8 Å². The maximum atomic E-state index is 12.1. The van der Waals surface area contributed by atoms with Crippen LogP contribution in [0.2, 0.25) is 0 Å². The molecule has 0 fully saturated rings. The Bertz CT molecular complexity index is 1160. The summed E-state index contributed by atoms with van der Waals surface area (Å²) in [7, 11) is -4.44. The van der Waals surface area contributed by atoms with E-state index in [1.54, 1.807) is 6.08 Å². The van der Waals surface area contributed by atoms with Gasteiger partial charge in [0.15, 0.2) is 0 Å². The summed E-state index contributed by atoms with van der Waals surface area (Å²) in [6.45, 7) is 3.30. The molecule has 0 aromatic heterocycles. The first-order valence-electron chi connectivity index (χ1n) is 20.6. The molecule has 0 rings (SSSR count). The average Bonchev–Trinajstić information content (AvgIpc) is 3.16. The van der Waals surface area contributed by atoms with E-state index in [-0.39, 0.29) is 32.1 Å². The molecule has 0 saturated carbocycles. The van der Waals surface area contributed by atoms with Crippen molar-refractivity contribution in [3.8, 4) is 0 Å². The molecular formula is C44H74NO8P. The molecule has 0 spiro atoms. The van der Waals surface area contributed by atoms with E-state index in [9.17, 15) is 24.2 Å². The summed E-state index contributed by atoms with van der Waals surface area (Å²) >= 11 is 0. The molecule has 2 unspecified atom stereocenters. The fourth-order valence-corrected chi connectivity index (χ4v) is 5.81. The van der Waals surface area contributed by atoms with Gasteiger partial charge in [-0.05, 0) is 51.4 Å². The SMILES string of the molecule is CC/C=C\C/C=C\C/C=C\C/C=C\C/C=C\C/C=C\C/C=C\CC(=O)OCC(O)COP(=O)(O)OCCNC(=O)CCCCCCCCCCCCCC. The number of ether oxygens (including phenoxy) is 1. The molecule has 0 radical (unpaired) electrons. The van der Waals surface area contributed by atoms with Gasteiger partial charge < -0.3 is 20.1 Å². The van der Waals surface area contributed by atoms with Crippen LogP contribution in [0, 0.1) is 0 Å². The van der Waals surface area contributed by atoms with E-state index in [0.29, 0.717) is 12.8 Å². The number of carbonyl (C=O) groups is 2. The van der Waals surface area contributed by atoms with E-state index >= 15 is 0 Å². The van der Waals surface area contributed by atoms with E-state index in [1.165, 1.54) is 57.8 Å². The van der Waals surface area contributed by atoms with Crippen molar-refractivity contribution in [3.05, 3.63) is 85.1 Å². The summed E-state index contributed by atoms with van der Waals surface area (Å²) in [6.07, 6.45) is 49.7. The summed E-state index contributed by atoms with van der Waals surface area (Å²) in [5.74, 6) is -0.657. The first-order chi connectivity index (χ1) is 26.3. The molecule has 10 heteroatoms. The smallest absolute Gasteiger partial charge is 0.463 e. The van der Waals surface area contributed by atoms with Gasteiger partial charge in [0.1, 0.15) is 12.7 Å². The van der Waals surface area contributed by atoms with Crippen molar-refractivity contribution in [1.82, 2.24) is 5.32 Å². The minimum atomic E-state index is -4.44. The van der Waals surface area contributed by atoms with Crippen LogP contribution in [0.25, 0.3) is 0 Å². The van der Waals surface area contributed by atoms with Crippen LogP contribution < -0.4 is 5.32 Å². The molecule has 0 aromatic carbocycles. The zero-order chi connectivity index (χ0) is 39.6. The number of amides is 1. The predicted octanol–water partition coefficient (Wildman–Crippen LogP) is 11.3. The van der Waals surface area contributed by atoms with Crippen molar-refractivity contribution < 1.29 is 37.9 Å². The molecule has 0 heterocycles. The highest BCUT2D eigenvalue weighted by atomic mass is 31.2. The minimum Gasteiger partial charge on any atom is -0.463 e. The van der Waals surface area contributed by atoms with E-state index in [2.05, 4.69) is 86.0 Å². The third kappa shape index (κ3) is 40.4. The minimum absolute atomic E-state index is 0.0445. The molecule has 0 bridgehead atoms. The molecule has 308 valence electrons. The van der Waals surface area contributed by atoms with Gasteiger partial charge in [-0.15, -0.1) is 0 Å². The largest absolute Gasteiger partial charge is 0.472 e. The van der Waals surface area contributed by atoms with Crippen molar-refractivity contribution in [2.75, 3.05) is 26.4 Å². The highest BCUT2D eigenvalue weighted by molar-refractivity contribution is 7.47. The van der Waals surface area contributed by atoms with Crippen molar-refractivity contribution in [1.29, 1.82) is 0 Å². The van der Waals surface area contributed by atoms with E-state index in [1.807, 2.05) is 12.2 Å². The summed E-state index contributed by atoms with van der Waals surface area (Å²) < 4.78 is 26.7. The molecule has 0 aromatic rings. The van der Waals surface area contributed by atoms with Crippen LogP contribution in [0.5, 0.6) is 0 Å². The maximum absolute atomic E-state index is 12.1. The molecule has 0 aliphatic rings. The van der Waals surface area contributed by atoms with Gasteiger partial charge in [-0.3, -0.25) is 18.6 Å². The van der Waals surface area contributed by atoms with Crippen molar-refractivity contribution in [3.63, 3.8) is 0 Å². The van der Waals surface area contributed by atoms with Crippen LogP contribution in [0.3, 0.4) is 0 Å². The Morgan fingerprint density at radius 1 is 0.593 bits per heavy atom. The second-order valence-corrected chi connectivity index (χ2v) is 14.7. The van der Waals surface area contributed by atoms with Gasteiger partial charge in [-0.25, -0.2) is 4.57 Å². The fourth-order valence-electron chi connectivity index (χ4n) is 5.05. The molecule has 3 N–H and O–H groups in total. The lowest BCUT2D eigenvalue weighted by atomic mass is 10.0. The van der Waals surface area contributed by atoms with Crippen LogP contribution >= 0.6 is 7.82 Å². The normalized spacial score (nSPS) is 14.2. The number of unbranched alkanes of at least 4 members (excludes halogenated alkanes) is 11. The zero-order valence-corrected chi connectivity index (χ0v) is 34.5. The van der Waals surface area contributed by atoms with Gasteiger partial charge in [0.25, 0.3) is 0 Å². The van der Waals surface area contributed by atoms with E-state index in [0.717, 1.165) is 57.8 Å². The van der Waals surface area contributed by atoms with Crippen LogP contribution in [-0.2, 0) is 27.9 Å². The number of phosphoric acid groups is 1. The van der Waals surface area contributed by atoms with Gasteiger partial charge in [-0.1, -0.05) is 170 Å². The Morgan fingerprint density at radius 2 is 1.02 bits per heavy atom. The summed E-state index contributed by atoms with van der Waals surface area (Å²) in [5, 5.41) is 12.6. The number of aliphatic hydroxyl groups is 1. The van der Waals surface area contributed by atoms with Crippen LogP contribution in [-0.4, -0.2) is 54.3 Å². The molecule has 2 atom stereocenters. The van der Waals surface area contributed by atoms with Gasteiger partial charge >= 0.3 is 13.8 Å². The lowest BCUT2D eigenvalue weighted by Gasteiger charge is -2.15. The average molecular weight is 776 g/mol. The predicted molar refractivity (Wildman–Crippen MR) is 224 cm³/mol. The lowest BCUT2D eigenvalue weighted by Crippen LogP contribution is -2.27. The Balaban J connectivity index is 3.78. The number of nitrogens with one attached hydrogen (secondary N) is 1. The maximum Gasteiger partial charge on any atom is 0.472 e. The summed E-state index contributed by atoms with van der Waals surface area (Å²) in [5.41, 5.74) is 0. The number of hydrogen-bond acceptors (Lipinski definition) is 7. The standard InChI is InChI=1S/C44H74NO8P/c1-3-5-7-9-11-13-15-17-18-19-20-21-22-23-24-25-27-29-31-33-35-37-44(48)51-40-42(46)41-53-54(49,50)52-39-38-45-43(47)36-34-32-30-28-26-16-14-12-10-8-6-4-2/h5,7,11,13,17-18,20-21,23-24,27,29,33,35,42,46H,3-4,6,8-10,12,14-16,19,22,25-26,28,30-32,34,36-41H2,1-2H3,(H,45,47)(H,49,50)/b7-5-,13-11-,18-17-,21-20-,24-23-,29-27-,35-33-. The van der Waals surface area contributed by atoms with Crippen LogP contribution in [0.15, 0.2) is 85.1 Å². The number of carbonyl (C=O) groups excluding carboxylic acids is 2. The number of phosphoric ester groups is 1. The molecule has 54 heavy (non-hydrogen) atoms. The molecular weight excluding hydrogens is 701 g/mol. The topological polar surface area (TPSA) is 131 Å². The highest BCUT2D eigenvalue weighted by Crippen LogP contribution is 2.42. The van der Waals surface area contributed by atoms with Crippen molar-refractivity contribution >= 4 is 19.7 Å². The number of allylic oxidation sites excluding steroid dienone is 13. The summed E-state index contributed by atoms with van der Waals surface area (Å²) in [6, 6.07) is 0. The zero-order valence-electron chi connectivity index (χ0n) is 33.6. The van der Waals surface area contributed by atoms with Gasteiger partial charge in [0.05, 0.1) is 19.6 Å². The Morgan fingerprint density at radius 3 is 1.48 bits per heavy atom. The Labute approximate surface area is 328 Å². The van der Waals surface area contributed by atoms with E-state index < -0.39 is 26.5 Å². The first kappa shape index (κ1) is 51.2. The molecule has 0 aliphatic carbocycles. The number of aliphatic hydroxyl groups excluding tert-OH is 1. The van der Waals surface area contributed by atoms with Gasteiger partial charge in [0.2, 0.25) is 5.91 Å². The summed E-state index contributed by atoms with van der Waals surface area (Å²) in [4.78, 5) is 33.8. The molecule has 9 nitrogen and oxygen atoms in total. The van der Waals surface area contributed by atoms with Crippen molar-refractivity contribution in [2.45, 2.75) is 155 Å². The molecule has 0 saturated heterocycles. The third-order valence-electron chi connectivity index (χ3n) is 8.12. The second-order valence-electron chi connectivity index (χ2n) is 13.2. The first-order valence-corrected chi connectivity index (χ1v) is 22.1. The monoisotopic (exact) mass is 776 g/mol. The van der Waals surface area contributed by atoms with Crippen LogP contribution in [0.4, 0.5) is 0 Å². The molecule has 1 amide bonds.